The molecule has 1 fully saturated rings. The van der Waals surface area contributed by atoms with Crippen molar-refractivity contribution < 1.29 is 4.74 Å². The zero-order valence-electron chi connectivity index (χ0n) is 6.50. The maximum atomic E-state index is 5.46. The lowest BCUT2D eigenvalue weighted by atomic mass is 10.0. The van der Waals surface area contributed by atoms with Crippen LogP contribution in [0.15, 0.2) is 18.2 Å². The van der Waals surface area contributed by atoms with Gasteiger partial charge in [0.2, 0.25) is 0 Å². The molecule has 1 aromatic carbocycles. The Balaban J connectivity index is 2.25. The van der Waals surface area contributed by atoms with Gasteiger partial charge >= 0.3 is 0 Å². The summed E-state index contributed by atoms with van der Waals surface area (Å²) in [6, 6.07) is 6.53. The zero-order chi connectivity index (χ0) is 7.42. The van der Waals surface area contributed by atoms with Gasteiger partial charge in [0.25, 0.3) is 0 Å². The highest BCUT2D eigenvalue weighted by molar-refractivity contribution is 5.44. The minimum absolute atomic E-state index is 0.464. The average molecular weight is 146 g/mol. The van der Waals surface area contributed by atoms with E-state index in [2.05, 4.69) is 25.1 Å². The molecule has 1 aliphatic carbocycles. The largest absolute Gasteiger partial charge is 0.364 e. The summed E-state index contributed by atoms with van der Waals surface area (Å²) in [7, 11) is 0. The van der Waals surface area contributed by atoms with Gasteiger partial charge in [-0.25, -0.2) is 0 Å². The van der Waals surface area contributed by atoms with E-state index in [9.17, 15) is 0 Å². The summed E-state index contributed by atoms with van der Waals surface area (Å²) >= 11 is 0. The number of benzene rings is 1. The predicted octanol–water partition coefficient (Wildman–Crippen LogP) is 1.99. The summed E-state index contributed by atoms with van der Waals surface area (Å²) in [6.45, 7) is 2.17. The van der Waals surface area contributed by atoms with E-state index in [1.54, 1.807) is 0 Å². The molecule has 0 amide bonds. The SMILES string of the molecule is Cc1cccc2c1[C@H]1O[C@H]1C2. The Morgan fingerprint density at radius 1 is 1.45 bits per heavy atom. The van der Waals surface area contributed by atoms with Gasteiger partial charge in [-0.2, -0.15) is 0 Å². The maximum Gasteiger partial charge on any atom is 0.110 e. The summed E-state index contributed by atoms with van der Waals surface area (Å²) in [5.41, 5.74) is 4.37. The van der Waals surface area contributed by atoms with Gasteiger partial charge in [0.15, 0.2) is 0 Å². The normalized spacial score (nSPS) is 31.4. The first-order chi connectivity index (χ1) is 5.36. The summed E-state index contributed by atoms with van der Waals surface area (Å²) in [5.74, 6) is 0. The highest BCUT2D eigenvalue weighted by atomic mass is 16.6. The number of epoxide rings is 1. The lowest BCUT2D eigenvalue weighted by molar-refractivity contribution is 0.360. The van der Waals surface area contributed by atoms with E-state index in [1.165, 1.54) is 16.7 Å². The molecule has 56 valence electrons. The molecule has 1 heterocycles. The molecule has 0 spiro atoms. The molecule has 0 unspecified atom stereocenters. The van der Waals surface area contributed by atoms with E-state index in [0.29, 0.717) is 12.2 Å². The fourth-order valence-electron chi connectivity index (χ4n) is 2.10. The molecule has 1 aromatic rings. The molecule has 1 nitrogen and oxygen atoms in total. The molecule has 2 atom stereocenters. The third kappa shape index (κ3) is 0.641. The van der Waals surface area contributed by atoms with Gasteiger partial charge in [-0.1, -0.05) is 18.2 Å². The van der Waals surface area contributed by atoms with Crippen LogP contribution in [0.25, 0.3) is 0 Å². The minimum atomic E-state index is 0.464. The Morgan fingerprint density at radius 2 is 2.36 bits per heavy atom. The van der Waals surface area contributed by atoms with E-state index in [0.717, 1.165) is 6.42 Å². The number of hydrogen-bond donors (Lipinski definition) is 0. The lowest BCUT2D eigenvalue weighted by Crippen LogP contribution is -1.90. The van der Waals surface area contributed by atoms with Crippen molar-refractivity contribution in [2.24, 2.45) is 0 Å². The molecule has 11 heavy (non-hydrogen) atoms. The molecule has 0 N–H and O–H groups in total. The molecule has 3 rings (SSSR count). The molecular formula is C10H10O. The highest BCUT2D eigenvalue weighted by Crippen LogP contribution is 2.49. The Labute approximate surface area is 66.0 Å². The molecule has 0 aromatic heterocycles. The van der Waals surface area contributed by atoms with Crippen molar-refractivity contribution in [1.29, 1.82) is 0 Å². The van der Waals surface area contributed by atoms with Crippen molar-refractivity contribution in [1.82, 2.24) is 0 Å². The first-order valence-corrected chi connectivity index (χ1v) is 4.10. The third-order valence-electron chi connectivity index (χ3n) is 2.70. The highest BCUT2D eigenvalue weighted by Gasteiger charge is 2.47. The first kappa shape index (κ1) is 5.78. The standard InChI is InChI=1S/C10H10O/c1-6-3-2-4-7-5-8-10(11-8)9(6)7/h2-4,8,10H,5H2,1H3/t8-,10-/m0/s1. The van der Waals surface area contributed by atoms with E-state index in [-0.39, 0.29) is 0 Å². The van der Waals surface area contributed by atoms with Crippen LogP contribution in [0, 0.1) is 6.92 Å². The van der Waals surface area contributed by atoms with Gasteiger partial charge in [0.1, 0.15) is 6.10 Å². The number of rotatable bonds is 0. The fourth-order valence-corrected chi connectivity index (χ4v) is 2.10. The Hall–Kier alpha value is -0.820. The van der Waals surface area contributed by atoms with E-state index in [1.807, 2.05) is 0 Å². The van der Waals surface area contributed by atoms with Crippen LogP contribution in [-0.2, 0) is 11.2 Å². The second-order valence-corrected chi connectivity index (χ2v) is 3.45. The van der Waals surface area contributed by atoms with Crippen LogP contribution < -0.4 is 0 Å². The topological polar surface area (TPSA) is 12.5 Å². The van der Waals surface area contributed by atoms with Crippen LogP contribution in [0.5, 0.6) is 0 Å². The quantitative estimate of drug-likeness (QED) is 0.510. The second-order valence-electron chi connectivity index (χ2n) is 3.45. The zero-order valence-corrected chi connectivity index (χ0v) is 6.50. The molecular weight excluding hydrogens is 136 g/mol. The monoisotopic (exact) mass is 146 g/mol. The number of hydrogen-bond acceptors (Lipinski definition) is 1. The Kier molecular flexibility index (Phi) is 0.878. The van der Waals surface area contributed by atoms with E-state index in [4.69, 9.17) is 4.74 Å². The second kappa shape index (κ2) is 1.67. The smallest absolute Gasteiger partial charge is 0.110 e. The summed E-state index contributed by atoms with van der Waals surface area (Å²) in [5, 5.41) is 0. The minimum Gasteiger partial charge on any atom is -0.364 e. The van der Waals surface area contributed by atoms with Crippen LogP contribution in [-0.4, -0.2) is 6.10 Å². The van der Waals surface area contributed by atoms with Gasteiger partial charge < -0.3 is 4.74 Å². The first-order valence-electron chi connectivity index (χ1n) is 4.10. The number of aryl methyl sites for hydroxylation is 1. The van der Waals surface area contributed by atoms with Crippen molar-refractivity contribution in [2.45, 2.75) is 25.6 Å². The molecule has 1 heteroatoms. The molecule has 1 saturated heterocycles. The summed E-state index contributed by atoms with van der Waals surface area (Å²) in [6.07, 6.45) is 2.14. The van der Waals surface area contributed by atoms with Crippen molar-refractivity contribution in [2.75, 3.05) is 0 Å². The van der Waals surface area contributed by atoms with Crippen molar-refractivity contribution in [3.8, 4) is 0 Å². The van der Waals surface area contributed by atoms with Gasteiger partial charge in [-0.05, 0) is 23.6 Å². The average Bonchev–Trinajstić information content (AvgIpc) is 2.62. The van der Waals surface area contributed by atoms with Gasteiger partial charge in [0, 0.05) is 6.42 Å². The van der Waals surface area contributed by atoms with Crippen molar-refractivity contribution in [3.05, 3.63) is 34.9 Å². The maximum absolute atomic E-state index is 5.46. The Bertz CT molecular complexity index is 317. The summed E-state index contributed by atoms with van der Waals surface area (Å²) in [4.78, 5) is 0. The van der Waals surface area contributed by atoms with Crippen LogP contribution in [0.1, 0.15) is 22.8 Å². The van der Waals surface area contributed by atoms with Gasteiger partial charge in [-0.15, -0.1) is 0 Å². The Morgan fingerprint density at radius 3 is 3.18 bits per heavy atom. The molecule has 0 bridgehead atoms. The number of fused-ring (bicyclic) bond motifs is 3. The molecule has 2 aliphatic rings. The van der Waals surface area contributed by atoms with E-state index < -0.39 is 0 Å². The van der Waals surface area contributed by atoms with Gasteiger partial charge in [-0.3, -0.25) is 0 Å². The lowest BCUT2D eigenvalue weighted by Gasteiger charge is -2.04. The van der Waals surface area contributed by atoms with Crippen LogP contribution in [0.4, 0.5) is 0 Å². The predicted molar refractivity (Wildman–Crippen MR) is 42.5 cm³/mol. The molecule has 0 saturated carbocycles. The third-order valence-corrected chi connectivity index (χ3v) is 2.70. The summed E-state index contributed by atoms with van der Waals surface area (Å²) < 4.78 is 5.46. The van der Waals surface area contributed by atoms with Crippen LogP contribution in [0.2, 0.25) is 0 Å². The van der Waals surface area contributed by atoms with Gasteiger partial charge in [0.05, 0.1) is 6.10 Å². The van der Waals surface area contributed by atoms with E-state index >= 15 is 0 Å². The van der Waals surface area contributed by atoms with Crippen LogP contribution in [0.3, 0.4) is 0 Å². The van der Waals surface area contributed by atoms with Crippen molar-refractivity contribution in [3.63, 3.8) is 0 Å². The van der Waals surface area contributed by atoms with Crippen LogP contribution >= 0.6 is 0 Å². The number of ether oxygens (including phenoxy) is 1. The fraction of sp³-hybridized carbons (Fsp3) is 0.400. The van der Waals surface area contributed by atoms with Crippen molar-refractivity contribution >= 4 is 0 Å². The molecule has 1 aliphatic heterocycles. The molecule has 0 radical (unpaired) electrons.